The molecule has 0 bridgehead atoms. The zero-order valence-electron chi connectivity index (χ0n) is 16.6. The Hall–Kier alpha value is -3.15. The van der Waals surface area contributed by atoms with Crippen LogP contribution in [0.1, 0.15) is 26.3 Å². The minimum absolute atomic E-state index is 0.00562. The molecule has 164 valence electrons. The second kappa shape index (κ2) is 9.33. The van der Waals surface area contributed by atoms with Crippen LogP contribution >= 0.6 is 0 Å². The van der Waals surface area contributed by atoms with Gasteiger partial charge in [0.05, 0.1) is 28.6 Å². The van der Waals surface area contributed by atoms with E-state index in [9.17, 15) is 28.1 Å². The number of nitrogens with zero attached hydrogens (tertiary/aromatic N) is 2. The molecule has 3 rings (SSSR count). The third-order valence-electron chi connectivity index (χ3n) is 4.75. The van der Waals surface area contributed by atoms with E-state index in [1.165, 1.54) is 46.8 Å². The van der Waals surface area contributed by atoms with Crippen LogP contribution in [0.15, 0.2) is 47.4 Å². The van der Waals surface area contributed by atoms with Crippen molar-refractivity contribution in [2.45, 2.75) is 11.8 Å². The molecule has 0 aliphatic carbocycles. The molecule has 0 aromatic heterocycles. The van der Waals surface area contributed by atoms with Crippen LogP contribution in [0.25, 0.3) is 0 Å². The fourth-order valence-electron chi connectivity index (χ4n) is 3.00. The number of aryl methyl sites for hydroxylation is 1. The molecule has 1 fully saturated rings. The molecular weight excluding hydrogens is 428 g/mol. The number of benzene rings is 2. The van der Waals surface area contributed by atoms with Crippen LogP contribution in [0.5, 0.6) is 0 Å². The lowest BCUT2D eigenvalue weighted by molar-refractivity contribution is -0.384. The first kappa shape index (κ1) is 22.5. The first-order valence-electron chi connectivity index (χ1n) is 9.33. The molecule has 1 aliphatic heterocycles. The van der Waals surface area contributed by atoms with Crippen molar-refractivity contribution in [1.29, 1.82) is 0 Å². The Morgan fingerprint density at radius 3 is 2.32 bits per heavy atom. The summed E-state index contributed by atoms with van der Waals surface area (Å²) in [7, 11) is -3.81. The minimum Gasteiger partial charge on any atom is -0.454 e. The molecule has 2 aromatic rings. The molecule has 11 heteroatoms. The number of Topliss-reactive ketones (excluding diaryl/α,β-unsaturated/α-hetero) is 1. The van der Waals surface area contributed by atoms with Gasteiger partial charge in [-0.05, 0) is 36.8 Å². The summed E-state index contributed by atoms with van der Waals surface area (Å²) in [5, 5.41) is 10.7. The van der Waals surface area contributed by atoms with Crippen LogP contribution in [-0.2, 0) is 19.5 Å². The smallest absolute Gasteiger partial charge is 0.338 e. The van der Waals surface area contributed by atoms with Crippen molar-refractivity contribution in [3.8, 4) is 0 Å². The van der Waals surface area contributed by atoms with Crippen molar-refractivity contribution >= 4 is 27.5 Å². The Balaban J connectivity index is 1.71. The van der Waals surface area contributed by atoms with Gasteiger partial charge in [0.2, 0.25) is 10.0 Å². The van der Waals surface area contributed by atoms with E-state index in [1.807, 2.05) is 0 Å². The number of nitro benzene ring substituents is 1. The SMILES string of the molecule is Cc1ccc(C(=O)OCC(=O)c2ccc([N+](=O)[O-])cc2)cc1S(=O)(=O)N1CCOCC1. The van der Waals surface area contributed by atoms with E-state index in [2.05, 4.69) is 0 Å². The van der Waals surface area contributed by atoms with Gasteiger partial charge < -0.3 is 9.47 Å². The molecule has 1 aliphatic rings. The zero-order valence-corrected chi connectivity index (χ0v) is 17.5. The molecule has 0 spiro atoms. The number of carbonyl (C=O) groups is 2. The van der Waals surface area contributed by atoms with E-state index in [0.717, 1.165) is 0 Å². The largest absolute Gasteiger partial charge is 0.454 e. The third kappa shape index (κ3) is 5.13. The summed E-state index contributed by atoms with van der Waals surface area (Å²) < 4.78 is 37.4. The van der Waals surface area contributed by atoms with Gasteiger partial charge in [-0.15, -0.1) is 0 Å². The molecule has 31 heavy (non-hydrogen) atoms. The number of non-ortho nitro benzene ring substituents is 1. The number of hydrogen-bond acceptors (Lipinski definition) is 8. The standard InChI is InChI=1S/C20H20N2O8S/c1-14-2-3-16(12-19(14)31(27,28)21-8-10-29-11-9-21)20(24)30-13-18(23)15-4-6-17(7-5-15)22(25)26/h2-7,12H,8-11,13H2,1H3. The molecule has 0 N–H and O–H groups in total. The van der Waals surface area contributed by atoms with Crippen molar-refractivity contribution in [1.82, 2.24) is 4.31 Å². The van der Waals surface area contributed by atoms with Gasteiger partial charge in [-0.25, -0.2) is 13.2 Å². The first-order valence-corrected chi connectivity index (χ1v) is 10.8. The van der Waals surface area contributed by atoms with E-state index < -0.39 is 33.3 Å². The van der Waals surface area contributed by atoms with Crippen molar-refractivity contribution in [3.63, 3.8) is 0 Å². The fourth-order valence-corrected chi connectivity index (χ4v) is 4.66. The van der Waals surface area contributed by atoms with Crippen LogP contribution in [0, 0.1) is 17.0 Å². The monoisotopic (exact) mass is 448 g/mol. The lowest BCUT2D eigenvalue weighted by atomic mass is 10.1. The predicted molar refractivity (Wildman–Crippen MR) is 108 cm³/mol. The zero-order chi connectivity index (χ0) is 22.6. The molecule has 0 unspecified atom stereocenters. The summed E-state index contributed by atoms with van der Waals surface area (Å²) in [6, 6.07) is 9.06. The van der Waals surface area contributed by atoms with Gasteiger partial charge in [0.1, 0.15) is 0 Å². The maximum absolute atomic E-state index is 12.9. The number of ether oxygens (including phenoxy) is 2. The number of carbonyl (C=O) groups excluding carboxylic acids is 2. The van der Waals surface area contributed by atoms with Crippen LogP contribution in [-0.4, -0.2) is 62.3 Å². The molecule has 1 heterocycles. The second-order valence-electron chi connectivity index (χ2n) is 6.80. The summed E-state index contributed by atoms with van der Waals surface area (Å²) in [4.78, 5) is 34.7. The van der Waals surface area contributed by atoms with Gasteiger partial charge >= 0.3 is 5.97 Å². The Morgan fingerprint density at radius 1 is 1.10 bits per heavy atom. The fraction of sp³-hybridized carbons (Fsp3) is 0.300. The van der Waals surface area contributed by atoms with Gasteiger partial charge in [0, 0.05) is 30.8 Å². The highest BCUT2D eigenvalue weighted by Crippen LogP contribution is 2.23. The molecular formula is C20H20N2O8S. The van der Waals surface area contributed by atoms with Crippen LogP contribution in [0.2, 0.25) is 0 Å². The maximum atomic E-state index is 12.9. The normalized spacial score (nSPS) is 14.7. The lowest BCUT2D eigenvalue weighted by Gasteiger charge is -2.26. The first-order chi connectivity index (χ1) is 14.7. The van der Waals surface area contributed by atoms with Gasteiger partial charge in [0.15, 0.2) is 12.4 Å². The highest BCUT2D eigenvalue weighted by molar-refractivity contribution is 7.89. The Morgan fingerprint density at radius 2 is 1.71 bits per heavy atom. The number of rotatable bonds is 7. The van der Waals surface area contributed by atoms with E-state index >= 15 is 0 Å². The van der Waals surface area contributed by atoms with Gasteiger partial charge in [-0.1, -0.05) is 6.07 Å². The van der Waals surface area contributed by atoms with E-state index in [1.54, 1.807) is 6.92 Å². The highest BCUT2D eigenvalue weighted by Gasteiger charge is 2.28. The van der Waals surface area contributed by atoms with Crippen LogP contribution in [0.3, 0.4) is 0 Å². The topological polar surface area (TPSA) is 133 Å². The molecule has 1 saturated heterocycles. The van der Waals surface area contributed by atoms with Crippen molar-refractivity contribution in [2.75, 3.05) is 32.9 Å². The molecule has 0 radical (unpaired) electrons. The Kier molecular flexibility index (Phi) is 6.78. The minimum atomic E-state index is -3.81. The van der Waals surface area contributed by atoms with E-state index in [4.69, 9.17) is 9.47 Å². The number of ketones is 1. The number of nitro groups is 1. The summed E-state index contributed by atoms with van der Waals surface area (Å²) in [5.41, 5.74) is 0.457. The van der Waals surface area contributed by atoms with Crippen LogP contribution < -0.4 is 0 Å². The van der Waals surface area contributed by atoms with Gasteiger partial charge in [-0.3, -0.25) is 14.9 Å². The number of morpholine rings is 1. The van der Waals surface area contributed by atoms with Crippen molar-refractivity contribution in [2.24, 2.45) is 0 Å². The maximum Gasteiger partial charge on any atom is 0.338 e. The molecule has 0 saturated carbocycles. The average Bonchev–Trinajstić information content (AvgIpc) is 2.78. The van der Waals surface area contributed by atoms with Crippen LogP contribution in [0.4, 0.5) is 5.69 Å². The number of esters is 1. The molecule has 10 nitrogen and oxygen atoms in total. The van der Waals surface area contributed by atoms with Gasteiger partial charge in [-0.2, -0.15) is 4.31 Å². The summed E-state index contributed by atoms with van der Waals surface area (Å²) in [5.74, 6) is -1.40. The predicted octanol–water partition coefficient (Wildman–Crippen LogP) is 1.96. The van der Waals surface area contributed by atoms with E-state index in [0.29, 0.717) is 18.8 Å². The summed E-state index contributed by atoms with van der Waals surface area (Å²) in [6.07, 6.45) is 0. The summed E-state index contributed by atoms with van der Waals surface area (Å²) >= 11 is 0. The molecule has 0 amide bonds. The average molecular weight is 448 g/mol. The van der Waals surface area contributed by atoms with Crippen molar-refractivity contribution in [3.05, 3.63) is 69.3 Å². The second-order valence-corrected chi connectivity index (χ2v) is 8.71. The quantitative estimate of drug-likeness (QED) is 0.272. The van der Waals surface area contributed by atoms with Crippen molar-refractivity contribution < 1.29 is 32.4 Å². The van der Waals surface area contributed by atoms with E-state index in [-0.39, 0.29) is 34.8 Å². The molecule has 2 aromatic carbocycles. The highest BCUT2D eigenvalue weighted by atomic mass is 32.2. The summed E-state index contributed by atoms with van der Waals surface area (Å²) in [6.45, 7) is 2.08. The number of hydrogen-bond donors (Lipinski definition) is 0. The third-order valence-corrected chi connectivity index (χ3v) is 6.79. The molecule has 0 atom stereocenters. The Labute approximate surface area is 178 Å². The number of sulfonamides is 1. The lowest BCUT2D eigenvalue weighted by Crippen LogP contribution is -2.40. The Bertz CT molecular complexity index is 1110. The van der Waals surface area contributed by atoms with Gasteiger partial charge in [0.25, 0.3) is 5.69 Å².